The van der Waals surface area contributed by atoms with E-state index in [1.165, 1.54) is 0 Å². The molecular formula is C8H20ClNO6P2. The fourth-order valence-electron chi connectivity index (χ4n) is 2.59. The molecule has 4 N–H and O–H groups in total. The topological polar surface area (TPSA) is 115 Å². The Morgan fingerprint density at radius 3 is 1.89 bits per heavy atom. The third-order valence-electron chi connectivity index (χ3n) is 3.18. The molecule has 10 heteroatoms. The van der Waals surface area contributed by atoms with E-state index in [-0.39, 0.29) is 12.4 Å². The van der Waals surface area contributed by atoms with Crippen LogP contribution in [0.2, 0.25) is 0 Å². The van der Waals surface area contributed by atoms with Crippen LogP contribution >= 0.6 is 15.2 Å². The summed E-state index contributed by atoms with van der Waals surface area (Å²) in [6.07, 6.45) is 1.16. The molecule has 7 nitrogen and oxygen atoms in total. The van der Waals surface area contributed by atoms with Gasteiger partial charge in [0.25, 0.3) is 0 Å². The zero-order valence-electron chi connectivity index (χ0n) is 10.3. The van der Waals surface area contributed by atoms with Crippen LogP contribution in [-0.4, -0.2) is 56.6 Å². The monoisotopic (exact) mass is 323 g/mol. The molecule has 0 aromatic rings. The molecule has 0 radical (unpaired) electrons. The van der Waals surface area contributed by atoms with Gasteiger partial charge in [-0.3, -0.25) is 9.13 Å². The first kappa shape index (κ1) is 18.6. The van der Waals surface area contributed by atoms with Gasteiger partial charge in [0.05, 0.1) is 27.2 Å². The first-order valence-electron chi connectivity index (χ1n) is 5.36. The Labute approximate surface area is 113 Å². The molecule has 1 aliphatic rings. The van der Waals surface area contributed by atoms with E-state index in [0.29, 0.717) is 23.9 Å². The molecule has 0 spiro atoms. The molecule has 1 fully saturated rings. The highest BCUT2D eigenvalue weighted by Crippen LogP contribution is 2.63. The number of hydrogen-bond acceptors (Lipinski definition) is 2. The van der Waals surface area contributed by atoms with Gasteiger partial charge in [-0.2, -0.15) is 0 Å². The molecule has 1 atom stereocenters. The third-order valence-corrected chi connectivity index (χ3v) is 7.20. The molecule has 0 aromatic heterocycles. The standard InChI is InChI=1S/C8H19NO6P2.ClH/c1-9(2)5-3-4-7(6-9)8(16(10,11)12)17(13,14)15;/h7-8H,3-6H2,1-2H3,(H3-,10,11,12,13,14,15);1H. The lowest BCUT2D eigenvalue weighted by Crippen LogP contribution is -3.00. The predicted octanol–water partition coefficient (Wildman–Crippen LogP) is -2.84. The van der Waals surface area contributed by atoms with Gasteiger partial charge in [-0.25, -0.2) is 0 Å². The lowest BCUT2D eigenvalue weighted by Gasteiger charge is -2.40. The maximum absolute atomic E-state index is 11.3. The number of quaternary nitrogens is 1. The summed E-state index contributed by atoms with van der Waals surface area (Å²) in [4.78, 5) is 36.6. The molecule has 0 bridgehead atoms. The Hall–Kier alpha value is 0.550. The van der Waals surface area contributed by atoms with Crippen LogP contribution in [0.25, 0.3) is 0 Å². The summed E-state index contributed by atoms with van der Waals surface area (Å²) in [6, 6.07) is 0. The van der Waals surface area contributed by atoms with Gasteiger partial charge in [0.15, 0.2) is 5.40 Å². The van der Waals surface area contributed by atoms with Crippen molar-refractivity contribution in [1.29, 1.82) is 0 Å². The van der Waals surface area contributed by atoms with Crippen molar-refractivity contribution >= 4 is 15.2 Å². The van der Waals surface area contributed by atoms with Crippen LogP contribution in [0.5, 0.6) is 0 Å². The SMILES string of the molecule is C[N+]1(C)CCCC(C(P(=O)(O)O)P(=O)(O)O)C1.[Cl-]. The van der Waals surface area contributed by atoms with E-state index in [0.717, 1.165) is 6.54 Å². The molecule has 1 unspecified atom stereocenters. The summed E-state index contributed by atoms with van der Waals surface area (Å²) in [5.74, 6) is -0.639. The van der Waals surface area contributed by atoms with Crippen LogP contribution in [0, 0.1) is 5.92 Å². The number of piperidine rings is 1. The molecule has 0 saturated carbocycles. The van der Waals surface area contributed by atoms with E-state index in [4.69, 9.17) is 19.6 Å². The normalized spacial score (nSPS) is 24.7. The van der Waals surface area contributed by atoms with Gasteiger partial charge in [-0.05, 0) is 12.8 Å². The lowest BCUT2D eigenvalue weighted by molar-refractivity contribution is -0.898. The zero-order valence-corrected chi connectivity index (χ0v) is 12.9. The van der Waals surface area contributed by atoms with Gasteiger partial charge >= 0.3 is 15.2 Å². The summed E-state index contributed by atoms with van der Waals surface area (Å²) >= 11 is 0. The lowest BCUT2D eigenvalue weighted by atomic mass is 9.98. The second-order valence-corrected chi connectivity index (χ2v) is 9.21. The molecule has 1 saturated heterocycles. The van der Waals surface area contributed by atoms with E-state index < -0.39 is 26.5 Å². The molecule has 0 aromatic carbocycles. The molecule has 1 heterocycles. The summed E-state index contributed by atoms with van der Waals surface area (Å²) in [6.45, 7) is 1.23. The van der Waals surface area contributed by atoms with Crippen molar-refractivity contribution in [2.75, 3.05) is 27.2 Å². The van der Waals surface area contributed by atoms with Gasteiger partial charge in [0.1, 0.15) is 0 Å². The van der Waals surface area contributed by atoms with E-state index in [9.17, 15) is 9.13 Å². The van der Waals surface area contributed by atoms with Crippen LogP contribution in [-0.2, 0) is 9.13 Å². The fraction of sp³-hybridized carbons (Fsp3) is 1.00. The van der Waals surface area contributed by atoms with E-state index >= 15 is 0 Å². The Morgan fingerprint density at radius 2 is 1.56 bits per heavy atom. The largest absolute Gasteiger partial charge is 1.00 e. The molecular weight excluding hydrogens is 303 g/mol. The van der Waals surface area contributed by atoms with Crippen LogP contribution in [0.3, 0.4) is 0 Å². The highest BCUT2D eigenvalue weighted by atomic mass is 35.5. The first-order valence-corrected chi connectivity index (χ1v) is 8.72. The summed E-state index contributed by atoms with van der Waals surface area (Å²) in [5, 5.41) is -1.85. The second kappa shape index (κ2) is 5.90. The highest BCUT2D eigenvalue weighted by Gasteiger charge is 2.51. The molecule has 110 valence electrons. The van der Waals surface area contributed by atoms with Crippen molar-refractivity contribution < 1.29 is 45.6 Å². The maximum atomic E-state index is 11.3. The van der Waals surface area contributed by atoms with E-state index in [1.807, 2.05) is 14.1 Å². The van der Waals surface area contributed by atoms with Crippen LogP contribution in [0.1, 0.15) is 12.8 Å². The Morgan fingerprint density at radius 1 is 1.11 bits per heavy atom. The average Bonchev–Trinajstić information content (AvgIpc) is 1.94. The number of likely N-dealkylation sites (tertiary alicyclic amines) is 1. The van der Waals surface area contributed by atoms with Crippen molar-refractivity contribution in [3.63, 3.8) is 0 Å². The minimum Gasteiger partial charge on any atom is -1.00 e. The Kier molecular flexibility index (Phi) is 6.08. The summed E-state index contributed by atoms with van der Waals surface area (Å²) < 4.78 is 23.1. The van der Waals surface area contributed by atoms with Crippen molar-refractivity contribution in [3.8, 4) is 0 Å². The molecule has 0 amide bonds. The number of nitrogens with zero attached hydrogens (tertiary/aromatic N) is 1. The van der Waals surface area contributed by atoms with Gasteiger partial charge in [-0.15, -0.1) is 0 Å². The number of rotatable bonds is 3. The van der Waals surface area contributed by atoms with Gasteiger partial charge < -0.3 is 36.5 Å². The average molecular weight is 324 g/mol. The number of hydrogen-bond donors (Lipinski definition) is 4. The Balaban J connectivity index is 0.00000289. The number of halogens is 1. The fourth-order valence-corrected chi connectivity index (χ4v) is 5.74. The Bertz CT molecular complexity index is 356. The van der Waals surface area contributed by atoms with Crippen molar-refractivity contribution in [3.05, 3.63) is 0 Å². The van der Waals surface area contributed by atoms with Gasteiger partial charge in [0.2, 0.25) is 0 Å². The third kappa shape index (κ3) is 4.91. The van der Waals surface area contributed by atoms with Crippen LogP contribution in [0.4, 0.5) is 0 Å². The summed E-state index contributed by atoms with van der Waals surface area (Å²) in [5.41, 5.74) is 0. The minimum atomic E-state index is -4.80. The zero-order chi connectivity index (χ0) is 13.5. The predicted molar refractivity (Wildman–Crippen MR) is 62.4 cm³/mol. The van der Waals surface area contributed by atoms with Crippen LogP contribution in [0.15, 0.2) is 0 Å². The van der Waals surface area contributed by atoms with Crippen molar-refractivity contribution in [1.82, 2.24) is 0 Å². The van der Waals surface area contributed by atoms with Crippen molar-refractivity contribution in [2.45, 2.75) is 18.2 Å². The smallest absolute Gasteiger partial charge is 0.341 e. The molecule has 18 heavy (non-hydrogen) atoms. The quantitative estimate of drug-likeness (QED) is 0.328. The van der Waals surface area contributed by atoms with E-state index in [2.05, 4.69) is 0 Å². The van der Waals surface area contributed by atoms with Gasteiger partial charge in [-0.1, -0.05) is 0 Å². The van der Waals surface area contributed by atoms with Gasteiger partial charge in [0, 0.05) is 5.92 Å². The molecule has 0 aliphatic carbocycles. The maximum Gasteiger partial charge on any atom is 0.341 e. The van der Waals surface area contributed by atoms with Crippen molar-refractivity contribution in [2.24, 2.45) is 5.92 Å². The summed E-state index contributed by atoms with van der Waals surface area (Å²) in [7, 11) is -5.81. The minimum absolute atomic E-state index is 0. The second-order valence-electron chi connectivity index (χ2n) is 5.34. The molecule has 1 aliphatic heterocycles. The van der Waals surface area contributed by atoms with E-state index in [1.54, 1.807) is 0 Å². The van der Waals surface area contributed by atoms with Crippen LogP contribution < -0.4 is 12.4 Å². The first-order chi connectivity index (χ1) is 7.43. The highest BCUT2D eigenvalue weighted by molar-refractivity contribution is 7.70. The molecule has 1 rings (SSSR count).